The average molecular weight is 285 g/mol. The summed E-state index contributed by atoms with van der Waals surface area (Å²) in [6.45, 7) is 2.38. The van der Waals surface area contributed by atoms with Crippen LogP contribution >= 0.6 is 0 Å². The molecule has 0 bridgehead atoms. The Kier molecular flexibility index (Phi) is 4.81. The fourth-order valence-corrected chi connectivity index (χ4v) is 1.86. The highest BCUT2D eigenvalue weighted by Gasteiger charge is 2.11. The van der Waals surface area contributed by atoms with E-state index in [4.69, 9.17) is 0 Å². The molecule has 2 rings (SSSR count). The first-order valence-corrected chi connectivity index (χ1v) is 6.76. The van der Waals surface area contributed by atoms with E-state index in [0.29, 0.717) is 23.8 Å². The molecule has 0 unspecified atom stereocenters. The van der Waals surface area contributed by atoms with Crippen LogP contribution in [0.2, 0.25) is 0 Å². The van der Waals surface area contributed by atoms with Crippen LogP contribution in [0.25, 0.3) is 0 Å². The van der Waals surface area contributed by atoms with Crippen molar-refractivity contribution in [2.75, 3.05) is 25.5 Å². The van der Waals surface area contributed by atoms with Crippen molar-refractivity contribution in [3.05, 3.63) is 47.5 Å². The van der Waals surface area contributed by atoms with Crippen LogP contribution in [0.15, 0.2) is 30.7 Å². The van der Waals surface area contributed by atoms with Gasteiger partial charge in [-0.15, -0.1) is 0 Å². The quantitative estimate of drug-likeness (QED) is 0.894. The van der Waals surface area contributed by atoms with Gasteiger partial charge in [-0.1, -0.05) is 0 Å². The Morgan fingerprint density at radius 2 is 2.00 bits per heavy atom. The number of nitrogens with one attached hydrogen (secondary N) is 1. The predicted molar refractivity (Wildman–Crippen MR) is 81.4 cm³/mol. The second-order valence-corrected chi connectivity index (χ2v) is 4.92. The molecule has 6 heteroatoms. The van der Waals surface area contributed by atoms with Crippen molar-refractivity contribution in [1.82, 2.24) is 20.3 Å². The number of amides is 1. The number of nitrogens with zero attached hydrogens (tertiary/aromatic N) is 4. The molecule has 21 heavy (non-hydrogen) atoms. The van der Waals surface area contributed by atoms with Crippen LogP contribution in [-0.4, -0.2) is 41.5 Å². The van der Waals surface area contributed by atoms with Crippen molar-refractivity contribution in [2.24, 2.45) is 0 Å². The van der Waals surface area contributed by atoms with Gasteiger partial charge in [0.1, 0.15) is 0 Å². The zero-order chi connectivity index (χ0) is 15.2. The van der Waals surface area contributed by atoms with Crippen LogP contribution in [0.3, 0.4) is 0 Å². The lowest BCUT2D eigenvalue weighted by Gasteiger charge is -2.12. The van der Waals surface area contributed by atoms with Gasteiger partial charge in [-0.2, -0.15) is 0 Å². The van der Waals surface area contributed by atoms with Crippen LogP contribution < -0.4 is 10.2 Å². The monoisotopic (exact) mass is 285 g/mol. The van der Waals surface area contributed by atoms with E-state index in [2.05, 4.69) is 20.3 Å². The summed E-state index contributed by atoms with van der Waals surface area (Å²) in [6, 6.07) is 3.87. The number of carbonyl (C=O) groups is 1. The lowest BCUT2D eigenvalue weighted by Crippen LogP contribution is -2.27. The van der Waals surface area contributed by atoms with Crippen LogP contribution in [-0.2, 0) is 6.42 Å². The molecule has 0 saturated carbocycles. The van der Waals surface area contributed by atoms with E-state index in [1.807, 2.05) is 33.2 Å². The summed E-state index contributed by atoms with van der Waals surface area (Å²) < 4.78 is 0. The first-order chi connectivity index (χ1) is 10.1. The molecule has 2 aromatic rings. The molecule has 0 aromatic carbocycles. The zero-order valence-electron chi connectivity index (χ0n) is 12.5. The molecule has 0 saturated heterocycles. The number of pyridine rings is 1. The molecule has 6 nitrogen and oxygen atoms in total. The molecule has 0 atom stereocenters. The third-order valence-corrected chi connectivity index (χ3v) is 3.06. The lowest BCUT2D eigenvalue weighted by atomic mass is 10.2. The summed E-state index contributed by atoms with van der Waals surface area (Å²) in [6.07, 6.45) is 5.83. The van der Waals surface area contributed by atoms with Crippen molar-refractivity contribution in [1.29, 1.82) is 0 Å². The largest absolute Gasteiger partial charge is 0.352 e. The highest BCUT2D eigenvalue weighted by Crippen LogP contribution is 2.08. The van der Waals surface area contributed by atoms with Gasteiger partial charge in [-0.3, -0.25) is 9.78 Å². The molecule has 110 valence electrons. The Hall–Kier alpha value is -2.50. The first-order valence-electron chi connectivity index (χ1n) is 6.76. The van der Waals surface area contributed by atoms with Crippen LogP contribution in [0.1, 0.15) is 21.6 Å². The van der Waals surface area contributed by atoms with Crippen LogP contribution in [0, 0.1) is 6.92 Å². The maximum absolute atomic E-state index is 12.1. The summed E-state index contributed by atoms with van der Waals surface area (Å²) in [5, 5.41) is 2.88. The van der Waals surface area contributed by atoms with Gasteiger partial charge in [0.05, 0.1) is 11.3 Å². The highest BCUT2D eigenvalue weighted by molar-refractivity contribution is 5.94. The number of rotatable bonds is 5. The number of aromatic nitrogens is 3. The number of hydrogen-bond donors (Lipinski definition) is 1. The summed E-state index contributed by atoms with van der Waals surface area (Å²) in [5.41, 5.74) is 2.33. The van der Waals surface area contributed by atoms with E-state index in [0.717, 1.165) is 12.0 Å². The van der Waals surface area contributed by atoms with Crippen molar-refractivity contribution < 1.29 is 4.79 Å². The maximum atomic E-state index is 12.1. The van der Waals surface area contributed by atoms with Gasteiger partial charge in [-0.05, 0) is 31.0 Å². The normalized spacial score (nSPS) is 10.2. The van der Waals surface area contributed by atoms with Gasteiger partial charge in [0.2, 0.25) is 5.95 Å². The number of carbonyl (C=O) groups excluding carboxylic acids is 1. The van der Waals surface area contributed by atoms with Gasteiger partial charge >= 0.3 is 0 Å². The SMILES string of the molecule is Cc1nc(N(C)C)ncc1C(=O)NCCc1ccncc1. The summed E-state index contributed by atoms with van der Waals surface area (Å²) in [7, 11) is 3.73. The van der Waals surface area contributed by atoms with Crippen LogP contribution in [0.4, 0.5) is 5.95 Å². The molecule has 1 N–H and O–H groups in total. The summed E-state index contributed by atoms with van der Waals surface area (Å²) in [5.74, 6) is 0.452. The molecule has 0 fully saturated rings. The molecule has 0 aliphatic carbocycles. The molecular weight excluding hydrogens is 266 g/mol. The second-order valence-electron chi connectivity index (χ2n) is 4.92. The topological polar surface area (TPSA) is 71.0 Å². The van der Waals surface area contributed by atoms with E-state index in [9.17, 15) is 4.79 Å². The Labute approximate surface area is 124 Å². The molecule has 2 heterocycles. The van der Waals surface area contributed by atoms with E-state index >= 15 is 0 Å². The number of aryl methyl sites for hydroxylation is 1. The fraction of sp³-hybridized carbons (Fsp3) is 0.333. The highest BCUT2D eigenvalue weighted by atomic mass is 16.1. The summed E-state index contributed by atoms with van der Waals surface area (Å²) in [4.78, 5) is 26.4. The van der Waals surface area contributed by atoms with Gasteiger partial charge in [0.25, 0.3) is 5.91 Å². The van der Waals surface area contributed by atoms with Gasteiger partial charge in [0.15, 0.2) is 0 Å². The maximum Gasteiger partial charge on any atom is 0.254 e. The van der Waals surface area contributed by atoms with Crippen molar-refractivity contribution >= 4 is 11.9 Å². The Morgan fingerprint density at radius 1 is 1.29 bits per heavy atom. The predicted octanol–water partition coefficient (Wildman–Crippen LogP) is 1.22. The summed E-state index contributed by atoms with van der Waals surface area (Å²) >= 11 is 0. The fourth-order valence-electron chi connectivity index (χ4n) is 1.86. The number of hydrogen-bond acceptors (Lipinski definition) is 5. The van der Waals surface area contributed by atoms with E-state index < -0.39 is 0 Å². The van der Waals surface area contributed by atoms with Crippen LogP contribution in [0.5, 0.6) is 0 Å². The molecular formula is C15H19N5O. The Balaban J connectivity index is 1.94. The van der Waals surface area contributed by atoms with Crippen molar-refractivity contribution in [3.8, 4) is 0 Å². The Bertz CT molecular complexity index is 613. The Morgan fingerprint density at radius 3 is 2.62 bits per heavy atom. The minimum Gasteiger partial charge on any atom is -0.352 e. The smallest absolute Gasteiger partial charge is 0.254 e. The van der Waals surface area contributed by atoms with Gasteiger partial charge < -0.3 is 10.2 Å². The second kappa shape index (κ2) is 6.78. The van der Waals surface area contributed by atoms with Gasteiger partial charge in [-0.25, -0.2) is 9.97 Å². The molecule has 0 aliphatic rings. The van der Waals surface area contributed by atoms with E-state index in [-0.39, 0.29) is 5.91 Å². The third-order valence-electron chi connectivity index (χ3n) is 3.06. The van der Waals surface area contributed by atoms with Crippen molar-refractivity contribution in [3.63, 3.8) is 0 Å². The standard InChI is InChI=1S/C15H19N5O/c1-11-13(10-18-15(19-11)20(2)3)14(21)17-9-6-12-4-7-16-8-5-12/h4-5,7-8,10H,6,9H2,1-3H3,(H,17,21). The minimum absolute atomic E-state index is 0.146. The molecule has 0 aliphatic heterocycles. The lowest BCUT2D eigenvalue weighted by molar-refractivity contribution is 0.0952. The molecule has 1 amide bonds. The third kappa shape index (κ3) is 3.98. The number of anilines is 1. The molecule has 0 radical (unpaired) electrons. The first kappa shape index (κ1) is 14.9. The van der Waals surface area contributed by atoms with Crippen molar-refractivity contribution in [2.45, 2.75) is 13.3 Å². The minimum atomic E-state index is -0.146. The average Bonchev–Trinajstić information content (AvgIpc) is 2.48. The van der Waals surface area contributed by atoms with E-state index in [1.54, 1.807) is 23.5 Å². The zero-order valence-corrected chi connectivity index (χ0v) is 12.5. The van der Waals surface area contributed by atoms with E-state index in [1.165, 1.54) is 0 Å². The van der Waals surface area contributed by atoms with Gasteiger partial charge in [0, 0.05) is 39.2 Å². The molecule has 0 spiro atoms. The molecule has 2 aromatic heterocycles.